The van der Waals surface area contributed by atoms with Crippen LogP contribution in [0, 0.1) is 0 Å². The van der Waals surface area contributed by atoms with Gasteiger partial charge in [-0.3, -0.25) is 4.79 Å². The minimum absolute atomic E-state index is 0.146. The molecule has 2 aromatic heterocycles. The monoisotopic (exact) mass is 306 g/mol. The van der Waals surface area contributed by atoms with Crippen LogP contribution in [-0.4, -0.2) is 28.9 Å². The summed E-state index contributed by atoms with van der Waals surface area (Å²) in [5, 5.41) is 7.33. The van der Waals surface area contributed by atoms with E-state index >= 15 is 0 Å². The lowest BCUT2D eigenvalue weighted by molar-refractivity contribution is -0.132. The van der Waals surface area contributed by atoms with Crippen molar-refractivity contribution in [3.8, 4) is 0 Å². The van der Waals surface area contributed by atoms with Crippen LogP contribution in [0.25, 0.3) is 0 Å². The molecule has 0 aliphatic carbocycles. The van der Waals surface area contributed by atoms with Crippen molar-refractivity contribution >= 4 is 28.6 Å². The van der Waals surface area contributed by atoms with E-state index in [9.17, 15) is 4.79 Å². The van der Waals surface area contributed by atoms with Crippen molar-refractivity contribution in [1.29, 1.82) is 0 Å². The van der Waals surface area contributed by atoms with Crippen molar-refractivity contribution in [1.82, 2.24) is 9.88 Å². The molecule has 0 radical (unpaired) electrons. The topological polar surface area (TPSA) is 33.2 Å². The Morgan fingerprint density at radius 2 is 2.20 bits per heavy atom. The molecule has 0 unspecified atom stereocenters. The summed E-state index contributed by atoms with van der Waals surface area (Å²) >= 11 is 3.38. The van der Waals surface area contributed by atoms with Crippen LogP contribution in [0.5, 0.6) is 0 Å². The number of carbonyl (C=O) groups is 1. The number of aromatic nitrogens is 1. The molecule has 1 saturated heterocycles. The molecular weight excluding hydrogens is 288 g/mol. The van der Waals surface area contributed by atoms with Gasteiger partial charge >= 0.3 is 0 Å². The largest absolute Gasteiger partial charge is 0.342 e. The molecule has 1 aliphatic heterocycles. The molecule has 3 nitrogen and oxygen atoms in total. The first kappa shape index (κ1) is 13.8. The number of piperidine rings is 1. The SMILES string of the molecule is CC1(c2nccs2)CCN(C(=O)Cc2ccsc2)CC1. The lowest BCUT2D eigenvalue weighted by atomic mass is 9.81. The number of amides is 1. The third-order valence-electron chi connectivity index (χ3n) is 4.10. The van der Waals surface area contributed by atoms with Gasteiger partial charge in [0, 0.05) is 30.1 Å². The Bertz CT molecular complexity index is 555. The van der Waals surface area contributed by atoms with Crippen molar-refractivity contribution in [3.63, 3.8) is 0 Å². The van der Waals surface area contributed by atoms with E-state index in [0.29, 0.717) is 6.42 Å². The number of rotatable bonds is 3. The van der Waals surface area contributed by atoms with Gasteiger partial charge in [0.1, 0.15) is 0 Å². The maximum Gasteiger partial charge on any atom is 0.227 e. The van der Waals surface area contributed by atoms with E-state index in [1.807, 2.05) is 27.9 Å². The number of carbonyl (C=O) groups excluding carboxylic acids is 1. The van der Waals surface area contributed by atoms with Gasteiger partial charge in [-0.05, 0) is 35.2 Å². The van der Waals surface area contributed by atoms with Gasteiger partial charge < -0.3 is 4.90 Å². The molecule has 0 saturated carbocycles. The molecule has 3 rings (SSSR count). The third kappa shape index (κ3) is 2.79. The molecule has 0 atom stereocenters. The predicted octanol–water partition coefficient (Wildman–Crippen LogP) is 3.33. The van der Waals surface area contributed by atoms with E-state index in [-0.39, 0.29) is 11.3 Å². The van der Waals surface area contributed by atoms with E-state index in [2.05, 4.69) is 17.3 Å². The Kier molecular flexibility index (Phi) is 3.89. The van der Waals surface area contributed by atoms with Crippen molar-refractivity contribution in [2.24, 2.45) is 0 Å². The molecule has 1 fully saturated rings. The van der Waals surface area contributed by atoms with E-state index in [0.717, 1.165) is 31.5 Å². The lowest BCUT2D eigenvalue weighted by Crippen LogP contribution is -2.44. The van der Waals surface area contributed by atoms with Crippen LogP contribution in [0.1, 0.15) is 30.3 Å². The Labute approximate surface area is 127 Å². The summed E-state index contributed by atoms with van der Waals surface area (Å²) in [4.78, 5) is 18.7. The maximum absolute atomic E-state index is 12.3. The smallest absolute Gasteiger partial charge is 0.227 e. The van der Waals surface area contributed by atoms with E-state index in [1.165, 1.54) is 5.01 Å². The van der Waals surface area contributed by atoms with Gasteiger partial charge in [-0.15, -0.1) is 11.3 Å². The second kappa shape index (κ2) is 5.66. The van der Waals surface area contributed by atoms with Crippen LogP contribution in [0.4, 0.5) is 0 Å². The van der Waals surface area contributed by atoms with E-state index in [4.69, 9.17) is 0 Å². The Balaban J connectivity index is 1.60. The van der Waals surface area contributed by atoms with Crippen LogP contribution in [0.3, 0.4) is 0 Å². The molecule has 0 N–H and O–H groups in total. The molecule has 1 aliphatic rings. The fourth-order valence-corrected chi connectivity index (χ4v) is 4.19. The van der Waals surface area contributed by atoms with Crippen molar-refractivity contribution < 1.29 is 4.79 Å². The number of thiazole rings is 1. The first-order valence-electron chi connectivity index (χ1n) is 6.86. The molecule has 2 aromatic rings. The zero-order valence-electron chi connectivity index (χ0n) is 11.5. The average Bonchev–Trinajstić information content (AvgIpc) is 3.12. The van der Waals surface area contributed by atoms with Crippen LogP contribution < -0.4 is 0 Å². The Morgan fingerprint density at radius 1 is 1.40 bits per heavy atom. The number of hydrogen-bond acceptors (Lipinski definition) is 4. The highest BCUT2D eigenvalue weighted by Gasteiger charge is 2.35. The minimum atomic E-state index is 0.146. The summed E-state index contributed by atoms with van der Waals surface area (Å²) < 4.78 is 0. The highest BCUT2D eigenvalue weighted by atomic mass is 32.1. The Morgan fingerprint density at radius 3 is 2.80 bits per heavy atom. The summed E-state index contributed by atoms with van der Waals surface area (Å²) in [5.41, 5.74) is 1.28. The van der Waals surface area contributed by atoms with Gasteiger partial charge in [-0.25, -0.2) is 4.98 Å². The molecule has 5 heteroatoms. The van der Waals surface area contributed by atoms with Gasteiger partial charge in [0.2, 0.25) is 5.91 Å². The van der Waals surface area contributed by atoms with Gasteiger partial charge in [0.25, 0.3) is 0 Å². The quantitative estimate of drug-likeness (QED) is 0.871. The van der Waals surface area contributed by atoms with E-state index in [1.54, 1.807) is 22.7 Å². The van der Waals surface area contributed by atoms with Crippen molar-refractivity contribution in [3.05, 3.63) is 39.0 Å². The lowest BCUT2D eigenvalue weighted by Gasteiger charge is -2.38. The molecule has 20 heavy (non-hydrogen) atoms. The number of hydrogen-bond donors (Lipinski definition) is 0. The highest BCUT2D eigenvalue weighted by molar-refractivity contribution is 7.09. The second-order valence-corrected chi connectivity index (χ2v) is 7.26. The Hall–Kier alpha value is -1.20. The fourth-order valence-electron chi connectivity index (χ4n) is 2.66. The first-order chi connectivity index (χ1) is 9.67. The summed E-state index contributed by atoms with van der Waals surface area (Å²) in [6.45, 7) is 3.96. The van der Waals surface area contributed by atoms with Crippen LogP contribution in [0.2, 0.25) is 0 Å². The van der Waals surface area contributed by atoms with Crippen LogP contribution in [0.15, 0.2) is 28.4 Å². The summed E-state index contributed by atoms with van der Waals surface area (Å²) in [5.74, 6) is 0.254. The maximum atomic E-state index is 12.3. The zero-order chi connectivity index (χ0) is 14.0. The molecular formula is C15H18N2OS2. The molecule has 0 aromatic carbocycles. The van der Waals surface area contributed by atoms with Crippen LogP contribution >= 0.6 is 22.7 Å². The minimum Gasteiger partial charge on any atom is -0.342 e. The van der Waals surface area contributed by atoms with Crippen LogP contribution in [-0.2, 0) is 16.6 Å². The average molecular weight is 306 g/mol. The number of likely N-dealkylation sites (tertiary alicyclic amines) is 1. The van der Waals surface area contributed by atoms with Crippen molar-refractivity contribution in [2.75, 3.05) is 13.1 Å². The zero-order valence-corrected chi connectivity index (χ0v) is 13.2. The van der Waals surface area contributed by atoms with Crippen molar-refractivity contribution in [2.45, 2.75) is 31.6 Å². The highest BCUT2D eigenvalue weighted by Crippen LogP contribution is 2.36. The normalized spacial score (nSPS) is 18.1. The van der Waals surface area contributed by atoms with Gasteiger partial charge in [-0.2, -0.15) is 11.3 Å². The molecule has 1 amide bonds. The predicted molar refractivity (Wildman–Crippen MR) is 83.3 cm³/mol. The summed E-state index contributed by atoms with van der Waals surface area (Å²) in [7, 11) is 0. The second-order valence-electron chi connectivity index (χ2n) is 5.59. The van der Waals surface area contributed by atoms with Gasteiger partial charge in [0.15, 0.2) is 0 Å². The molecule has 0 bridgehead atoms. The summed E-state index contributed by atoms with van der Waals surface area (Å²) in [6, 6.07) is 2.03. The van der Waals surface area contributed by atoms with Gasteiger partial charge in [-0.1, -0.05) is 6.92 Å². The molecule has 3 heterocycles. The van der Waals surface area contributed by atoms with E-state index < -0.39 is 0 Å². The number of nitrogens with zero attached hydrogens (tertiary/aromatic N) is 2. The summed E-state index contributed by atoms with van der Waals surface area (Å²) in [6.07, 6.45) is 4.43. The molecule has 0 spiro atoms. The van der Waals surface area contributed by atoms with Gasteiger partial charge in [0.05, 0.1) is 11.4 Å². The fraction of sp³-hybridized carbons (Fsp3) is 0.467. The third-order valence-corrected chi connectivity index (χ3v) is 5.92. The number of thiophene rings is 1. The first-order valence-corrected chi connectivity index (χ1v) is 8.68. The molecule has 106 valence electrons. The standard InChI is InChI=1S/C15H18N2OS2/c1-15(14-16-5-9-20-14)3-6-17(7-4-15)13(18)10-12-2-8-19-11-12/h2,5,8-9,11H,3-4,6-7,10H2,1H3.